The highest BCUT2D eigenvalue weighted by atomic mass is 79.9. The van der Waals surface area contributed by atoms with Crippen LogP contribution >= 0.6 is 15.9 Å². The lowest BCUT2D eigenvalue weighted by atomic mass is 10.3. The Hall–Kier alpha value is -0.800. The highest BCUT2D eigenvalue weighted by Crippen LogP contribution is 2.29. The summed E-state index contributed by atoms with van der Waals surface area (Å²) < 4.78 is 46.5. The van der Waals surface area contributed by atoms with E-state index in [1.54, 1.807) is 0 Å². The van der Waals surface area contributed by atoms with Gasteiger partial charge in [-0.3, -0.25) is 0 Å². The van der Waals surface area contributed by atoms with Crippen LogP contribution in [0.3, 0.4) is 0 Å². The molecule has 15 heavy (non-hydrogen) atoms. The molecule has 5 nitrogen and oxygen atoms in total. The van der Waals surface area contributed by atoms with E-state index in [4.69, 9.17) is 10.9 Å². The molecule has 0 aliphatic heterocycles. The number of anilines is 1. The zero-order valence-corrected chi connectivity index (χ0v) is 9.52. The first-order valence-corrected chi connectivity index (χ1v) is 5.84. The van der Waals surface area contributed by atoms with Crippen LogP contribution in [-0.4, -0.2) is 13.4 Å². The molecule has 0 aliphatic rings. The number of hydrogen-bond acceptors (Lipinski definition) is 4. The molecule has 0 fully saturated rings. The maximum Gasteiger partial charge on any atom is 0.282 e. The van der Waals surface area contributed by atoms with E-state index >= 15 is 0 Å². The SMILES string of the molecule is Nc1cc(Br)c(S(N)(=O)=O)nc1C(F)F. The van der Waals surface area contributed by atoms with Crippen molar-refractivity contribution in [3.05, 3.63) is 16.2 Å². The number of nitrogens with zero attached hydrogens (tertiary/aromatic N) is 1. The molecule has 0 saturated carbocycles. The van der Waals surface area contributed by atoms with Crippen molar-refractivity contribution < 1.29 is 17.2 Å². The highest BCUT2D eigenvalue weighted by molar-refractivity contribution is 9.10. The van der Waals surface area contributed by atoms with E-state index in [0.717, 1.165) is 6.07 Å². The summed E-state index contributed by atoms with van der Waals surface area (Å²) in [5.41, 5.74) is 4.12. The van der Waals surface area contributed by atoms with Crippen molar-refractivity contribution in [3.8, 4) is 0 Å². The van der Waals surface area contributed by atoms with Gasteiger partial charge in [0.25, 0.3) is 16.4 Å². The van der Waals surface area contributed by atoms with Crippen molar-refractivity contribution >= 4 is 31.6 Å². The van der Waals surface area contributed by atoms with Crippen molar-refractivity contribution in [2.45, 2.75) is 11.5 Å². The number of nitrogens with two attached hydrogens (primary N) is 2. The van der Waals surface area contributed by atoms with E-state index < -0.39 is 27.2 Å². The normalized spacial score (nSPS) is 12.1. The van der Waals surface area contributed by atoms with E-state index in [0.29, 0.717) is 0 Å². The molecule has 9 heteroatoms. The van der Waals surface area contributed by atoms with Gasteiger partial charge in [0, 0.05) is 0 Å². The van der Waals surface area contributed by atoms with Crippen LogP contribution in [0.5, 0.6) is 0 Å². The molecule has 84 valence electrons. The minimum absolute atomic E-state index is 0.0492. The van der Waals surface area contributed by atoms with E-state index in [1.807, 2.05) is 0 Å². The van der Waals surface area contributed by atoms with E-state index in [9.17, 15) is 17.2 Å². The Balaban J connectivity index is 3.50. The van der Waals surface area contributed by atoms with E-state index in [-0.39, 0.29) is 10.2 Å². The first-order chi connectivity index (χ1) is 6.73. The molecule has 0 atom stereocenters. The zero-order valence-electron chi connectivity index (χ0n) is 7.12. The third kappa shape index (κ3) is 2.61. The third-order valence-corrected chi connectivity index (χ3v) is 3.20. The van der Waals surface area contributed by atoms with Gasteiger partial charge in [0.1, 0.15) is 5.69 Å². The van der Waals surface area contributed by atoms with Crippen LogP contribution in [-0.2, 0) is 10.0 Å². The fraction of sp³-hybridized carbons (Fsp3) is 0.167. The standard InChI is InChI=1S/C6H6BrF2N3O2S/c7-2-1-3(10)4(5(8)9)12-6(2)15(11,13)14/h1,5H,10H2,(H2,11,13,14). The van der Waals surface area contributed by atoms with Gasteiger partial charge in [-0.2, -0.15) is 0 Å². The van der Waals surface area contributed by atoms with Gasteiger partial charge in [0.05, 0.1) is 10.2 Å². The van der Waals surface area contributed by atoms with Gasteiger partial charge < -0.3 is 5.73 Å². The third-order valence-electron chi connectivity index (χ3n) is 1.48. The average molecular weight is 302 g/mol. The number of hydrogen-bond donors (Lipinski definition) is 2. The molecule has 1 aromatic rings. The lowest BCUT2D eigenvalue weighted by Gasteiger charge is -2.07. The molecule has 0 aromatic carbocycles. The summed E-state index contributed by atoms with van der Waals surface area (Å²) in [5, 5.41) is 4.11. The Morgan fingerprint density at radius 3 is 2.40 bits per heavy atom. The van der Waals surface area contributed by atoms with Crippen molar-refractivity contribution in [1.82, 2.24) is 4.98 Å². The first kappa shape index (κ1) is 12.3. The second-order valence-corrected chi connectivity index (χ2v) is 4.93. The number of primary sulfonamides is 1. The maximum atomic E-state index is 12.3. The maximum absolute atomic E-state index is 12.3. The average Bonchev–Trinajstić information content (AvgIpc) is 2.00. The largest absolute Gasteiger partial charge is 0.397 e. The summed E-state index contributed by atoms with van der Waals surface area (Å²) in [6.45, 7) is 0. The van der Waals surface area contributed by atoms with Crippen LogP contribution in [0.4, 0.5) is 14.5 Å². The molecule has 4 N–H and O–H groups in total. The molecule has 0 saturated heterocycles. The van der Waals surface area contributed by atoms with Crippen molar-refractivity contribution in [1.29, 1.82) is 0 Å². The van der Waals surface area contributed by atoms with Gasteiger partial charge in [-0.25, -0.2) is 27.3 Å². The number of alkyl halides is 2. The molecular weight excluding hydrogens is 296 g/mol. The Morgan fingerprint density at radius 1 is 1.47 bits per heavy atom. The monoisotopic (exact) mass is 301 g/mol. The number of halogens is 3. The van der Waals surface area contributed by atoms with Crippen molar-refractivity contribution in [3.63, 3.8) is 0 Å². The van der Waals surface area contributed by atoms with Crippen LogP contribution in [0.25, 0.3) is 0 Å². The van der Waals surface area contributed by atoms with Crippen LogP contribution < -0.4 is 10.9 Å². The molecule has 0 bridgehead atoms. The van der Waals surface area contributed by atoms with E-state index in [2.05, 4.69) is 20.9 Å². The Morgan fingerprint density at radius 2 is 2.00 bits per heavy atom. The fourth-order valence-corrected chi connectivity index (χ4v) is 2.44. The Labute approximate surface area is 92.7 Å². The lowest BCUT2D eigenvalue weighted by Crippen LogP contribution is -2.16. The summed E-state index contributed by atoms with van der Waals surface area (Å²) >= 11 is 2.82. The van der Waals surface area contributed by atoms with Gasteiger partial charge in [-0.05, 0) is 22.0 Å². The lowest BCUT2D eigenvalue weighted by molar-refractivity contribution is 0.146. The molecule has 0 spiro atoms. The number of aromatic nitrogens is 1. The van der Waals surface area contributed by atoms with Gasteiger partial charge in [0.2, 0.25) is 0 Å². The van der Waals surface area contributed by atoms with Gasteiger partial charge in [-0.1, -0.05) is 0 Å². The van der Waals surface area contributed by atoms with Crippen molar-refractivity contribution in [2.24, 2.45) is 5.14 Å². The number of rotatable bonds is 2. The molecular formula is C6H6BrF2N3O2S. The van der Waals surface area contributed by atoms with Gasteiger partial charge >= 0.3 is 0 Å². The Bertz CT molecular complexity index is 491. The number of pyridine rings is 1. The predicted molar refractivity (Wildman–Crippen MR) is 52.7 cm³/mol. The second kappa shape index (κ2) is 3.99. The molecule has 0 unspecified atom stereocenters. The summed E-state index contributed by atoms with van der Waals surface area (Å²) in [6, 6.07) is 1.02. The fourth-order valence-electron chi connectivity index (χ4n) is 0.874. The summed E-state index contributed by atoms with van der Waals surface area (Å²) in [6.07, 6.45) is -2.96. The topological polar surface area (TPSA) is 99.1 Å². The van der Waals surface area contributed by atoms with Gasteiger partial charge in [-0.15, -0.1) is 0 Å². The minimum atomic E-state index is -4.15. The Kier molecular flexibility index (Phi) is 3.26. The van der Waals surface area contributed by atoms with Crippen LogP contribution in [0.2, 0.25) is 0 Å². The van der Waals surface area contributed by atoms with E-state index in [1.165, 1.54) is 0 Å². The summed E-state index contributed by atoms with van der Waals surface area (Å²) in [5.74, 6) is 0. The molecule has 0 radical (unpaired) electrons. The van der Waals surface area contributed by atoms with Crippen molar-refractivity contribution in [2.75, 3.05) is 5.73 Å². The molecule has 1 heterocycles. The number of nitrogen functional groups attached to an aromatic ring is 1. The molecule has 0 aliphatic carbocycles. The van der Waals surface area contributed by atoms with Crippen LogP contribution in [0, 0.1) is 0 Å². The minimum Gasteiger partial charge on any atom is -0.397 e. The molecule has 1 rings (SSSR count). The number of sulfonamides is 1. The predicted octanol–water partition coefficient (Wildman–Crippen LogP) is 1.01. The smallest absolute Gasteiger partial charge is 0.282 e. The zero-order chi connectivity index (χ0) is 11.8. The molecule has 1 aromatic heterocycles. The van der Waals surface area contributed by atoms with Gasteiger partial charge in [0.15, 0.2) is 5.03 Å². The highest BCUT2D eigenvalue weighted by Gasteiger charge is 2.21. The van der Waals surface area contributed by atoms with Crippen LogP contribution in [0.15, 0.2) is 15.6 Å². The second-order valence-electron chi connectivity index (χ2n) is 2.60. The summed E-state index contributed by atoms with van der Waals surface area (Å²) in [7, 11) is -4.15. The van der Waals surface area contributed by atoms with Crippen LogP contribution in [0.1, 0.15) is 12.1 Å². The summed E-state index contributed by atoms with van der Waals surface area (Å²) in [4.78, 5) is 3.21. The molecule has 0 amide bonds. The first-order valence-electron chi connectivity index (χ1n) is 3.50. The quantitative estimate of drug-likeness (QED) is 0.851.